The van der Waals surface area contributed by atoms with Gasteiger partial charge in [0, 0.05) is 50.6 Å². The number of hydrogen-bond donors (Lipinski definition) is 1. The fraction of sp³-hybridized carbons (Fsp3) is 0.737. The molecule has 1 fully saturated rings. The van der Waals surface area contributed by atoms with Gasteiger partial charge in [-0.3, -0.25) is 4.99 Å². The average molecular weight is 543 g/mol. The van der Waals surface area contributed by atoms with Crippen molar-refractivity contribution in [3.05, 3.63) is 17.0 Å². The number of piperidine rings is 1. The lowest BCUT2D eigenvalue weighted by Gasteiger charge is -2.33. The Morgan fingerprint density at radius 3 is 2.64 bits per heavy atom. The molecule has 2 rings (SSSR count). The van der Waals surface area contributed by atoms with Crippen molar-refractivity contribution in [1.82, 2.24) is 14.5 Å². The number of hydrogen-bond acceptors (Lipinski definition) is 4. The van der Waals surface area contributed by atoms with Gasteiger partial charge in [-0.1, -0.05) is 20.8 Å². The number of guanidine groups is 1. The van der Waals surface area contributed by atoms with Crippen LogP contribution in [0.4, 0.5) is 0 Å². The summed E-state index contributed by atoms with van der Waals surface area (Å²) in [4.78, 5) is 8.20. The van der Waals surface area contributed by atoms with E-state index in [1.54, 1.807) is 6.07 Å². The third-order valence-electron chi connectivity index (χ3n) is 4.85. The van der Waals surface area contributed by atoms with Gasteiger partial charge in [-0.15, -0.1) is 35.3 Å². The van der Waals surface area contributed by atoms with Crippen molar-refractivity contribution in [3.8, 4) is 0 Å². The highest BCUT2D eigenvalue weighted by Gasteiger charge is 2.23. The van der Waals surface area contributed by atoms with E-state index in [0.717, 1.165) is 36.9 Å². The molecule has 1 N–H and O–H groups in total. The Labute approximate surface area is 191 Å². The molecule has 6 nitrogen and oxygen atoms in total. The van der Waals surface area contributed by atoms with Gasteiger partial charge in [0.25, 0.3) is 10.0 Å². The highest BCUT2D eigenvalue weighted by atomic mass is 127. The minimum Gasteiger partial charge on any atom is -0.357 e. The lowest BCUT2D eigenvalue weighted by molar-refractivity contribution is 0.266. The molecule has 0 bridgehead atoms. The molecule has 1 aromatic heterocycles. The maximum absolute atomic E-state index is 12.6. The van der Waals surface area contributed by atoms with Gasteiger partial charge >= 0.3 is 0 Å². The number of rotatable bonds is 8. The molecule has 0 radical (unpaired) electrons. The molecule has 2 heterocycles. The van der Waals surface area contributed by atoms with Gasteiger partial charge in [-0.05, 0) is 37.8 Å². The van der Waals surface area contributed by atoms with E-state index in [2.05, 4.69) is 24.1 Å². The molecule has 0 amide bonds. The van der Waals surface area contributed by atoms with Gasteiger partial charge in [0.1, 0.15) is 4.21 Å². The molecule has 9 heteroatoms. The normalized spacial score (nSPS) is 18.2. The summed E-state index contributed by atoms with van der Waals surface area (Å²) in [7, 11) is -3.36. The topological polar surface area (TPSA) is 65.0 Å². The molecule has 1 unspecified atom stereocenters. The Balaban J connectivity index is 0.00000392. The number of likely N-dealkylation sites (tertiary alicyclic amines) is 1. The van der Waals surface area contributed by atoms with Crippen LogP contribution in [0, 0.1) is 5.92 Å². The molecule has 1 atom stereocenters. The minimum atomic E-state index is -3.36. The van der Waals surface area contributed by atoms with E-state index in [1.807, 2.05) is 19.9 Å². The smallest absolute Gasteiger partial charge is 0.252 e. The van der Waals surface area contributed by atoms with Crippen LogP contribution < -0.4 is 5.32 Å². The van der Waals surface area contributed by atoms with Crippen LogP contribution in [0.2, 0.25) is 0 Å². The molecule has 1 aliphatic heterocycles. The monoisotopic (exact) mass is 542 g/mol. The van der Waals surface area contributed by atoms with E-state index in [0.29, 0.717) is 29.8 Å². The van der Waals surface area contributed by atoms with Crippen molar-refractivity contribution in [3.63, 3.8) is 0 Å². The molecule has 1 aliphatic rings. The summed E-state index contributed by atoms with van der Waals surface area (Å²) in [6.45, 7) is 12.7. The van der Waals surface area contributed by atoms with Crippen molar-refractivity contribution in [2.24, 2.45) is 10.9 Å². The fourth-order valence-corrected chi connectivity index (χ4v) is 6.36. The molecular weight excluding hydrogens is 507 g/mol. The Hall–Kier alpha value is -0.390. The molecule has 1 aromatic rings. The summed E-state index contributed by atoms with van der Waals surface area (Å²) < 4.78 is 27.1. The van der Waals surface area contributed by atoms with Gasteiger partial charge in [0.05, 0.1) is 0 Å². The average Bonchev–Trinajstić information content (AvgIpc) is 3.11. The second-order valence-electron chi connectivity index (χ2n) is 6.99. The minimum absolute atomic E-state index is 0. The number of nitrogens with one attached hydrogen (secondary N) is 1. The van der Waals surface area contributed by atoms with Crippen LogP contribution in [-0.4, -0.2) is 62.9 Å². The number of nitrogens with zero attached hydrogens (tertiary/aromatic N) is 3. The summed E-state index contributed by atoms with van der Waals surface area (Å²) in [6.07, 6.45) is 3.26. The number of sulfonamides is 1. The van der Waals surface area contributed by atoms with Gasteiger partial charge in [-0.25, -0.2) is 8.42 Å². The quantitative estimate of drug-likeness (QED) is 0.310. The summed E-state index contributed by atoms with van der Waals surface area (Å²) in [5, 5.41) is 3.40. The largest absolute Gasteiger partial charge is 0.357 e. The molecule has 0 saturated carbocycles. The van der Waals surface area contributed by atoms with Crippen molar-refractivity contribution in [1.29, 1.82) is 0 Å². The number of aliphatic imine (C=N–C) groups is 1. The molecule has 0 aliphatic carbocycles. The predicted molar refractivity (Wildman–Crippen MR) is 129 cm³/mol. The Kier molecular flexibility index (Phi) is 11.3. The first-order chi connectivity index (χ1) is 12.9. The summed E-state index contributed by atoms with van der Waals surface area (Å²) in [5.74, 6) is 1.68. The first-order valence-electron chi connectivity index (χ1n) is 10.0. The molecule has 0 aromatic carbocycles. The number of halogens is 1. The summed E-state index contributed by atoms with van der Waals surface area (Å²) >= 11 is 1.37. The van der Waals surface area contributed by atoms with Crippen LogP contribution in [0.1, 0.15) is 45.4 Å². The van der Waals surface area contributed by atoms with Crippen molar-refractivity contribution < 1.29 is 8.42 Å². The maximum atomic E-state index is 12.6. The van der Waals surface area contributed by atoms with E-state index in [4.69, 9.17) is 4.99 Å². The second-order valence-corrected chi connectivity index (χ2v) is 10.3. The zero-order valence-electron chi connectivity index (χ0n) is 17.5. The van der Waals surface area contributed by atoms with Crippen molar-refractivity contribution in [2.75, 3.05) is 39.3 Å². The zero-order valence-corrected chi connectivity index (χ0v) is 21.4. The van der Waals surface area contributed by atoms with Crippen LogP contribution in [0.5, 0.6) is 0 Å². The van der Waals surface area contributed by atoms with E-state index in [-0.39, 0.29) is 24.0 Å². The van der Waals surface area contributed by atoms with Crippen molar-refractivity contribution >= 4 is 51.3 Å². The van der Waals surface area contributed by atoms with E-state index in [1.165, 1.54) is 28.5 Å². The predicted octanol–water partition coefficient (Wildman–Crippen LogP) is 3.64. The van der Waals surface area contributed by atoms with Gasteiger partial charge < -0.3 is 10.2 Å². The second kappa shape index (κ2) is 12.3. The lowest BCUT2D eigenvalue weighted by atomic mass is 10.0. The van der Waals surface area contributed by atoms with E-state index in [9.17, 15) is 8.42 Å². The van der Waals surface area contributed by atoms with Gasteiger partial charge in [0.2, 0.25) is 0 Å². The first kappa shape index (κ1) is 25.6. The lowest BCUT2D eigenvalue weighted by Crippen LogP contribution is -2.46. The van der Waals surface area contributed by atoms with Gasteiger partial charge in [0.15, 0.2) is 5.96 Å². The molecule has 0 spiro atoms. The highest BCUT2D eigenvalue weighted by Crippen LogP contribution is 2.25. The Morgan fingerprint density at radius 2 is 2.04 bits per heavy atom. The standard InChI is InChI=1S/C19H34N4O2S2.HI/c1-5-20-19(22-14-8-9-16(4)15-22)21-13-12-17-10-11-18(26-17)27(24,25)23(6-2)7-3;/h10-11,16H,5-9,12-15H2,1-4H3,(H,20,21);1H. The van der Waals surface area contributed by atoms with Crippen LogP contribution in [0.15, 0.2) is 21.3 Å². The molecule has 1 saturated heterocycles. The Bertz CT molecular complexity index is 717. The van der Waals surface area contributed by atoms with E-state index < -0.39 is 10.0 Å². The van der Waals surface area contributed by atoms with E-state index >= 15 is 0 Å². The molecular formula is C19H35IN4O2S2. The Morgan fingerprint density at radius 1 is 1.32 bits per heavy atom. The summed E-state index contributed by atoms with van der Waals surface area (Å²) in [6, 6.07) is 3.65. The fourth-order valence-electron chi connectivity index (χ4n) is 3.40. The SMILES string of the molecule is CCNC(=NCCc1ccc(S(=O)(=O)N(CC)CC)s1)N1CCCC(C)C1.I. The van der Waals surface area contributed by atoms with Crippen LogP contribution in [-0.2, 0) is 16.4 Å². The third kappa shape index (κ3) is 6.84. The highest BCUT2D eigenvalue weighted by molar-refractivity contribution is 14.0. The summed E-state index contributed by atoms with van der Waals surface area (Å²) in [5.41, 5.74) is 0. The van der Waals surface area contributed by atoms with Gasteiger partial charge in [-0.2, -0.15) is 4.31 Å². The van der Waals surface area contributed by atoms with Crippen LogP contribution in [0.3, 0.4) is 0 Å². The van der Waals surface area contributed by atoms with Crippen LogP contribution >= 0.6 is 35.3 Å². The van der Waals surface area contributed by atoms with Crippen LogP contribution in [0.25, 0.3) is 0 Å². The third-order valence-corrected chi connectivity index (χ3v) is 8.51. The maximum Gasteiger partial charge on any atom is 0.252 e. The van der Waals surface area contributed by atoms with Crippen molar-refractivity contribution in [2.45, 2.75) is 51.2 Å². The number of thiophene rings is 1. The first-order valence-corrected chi connectivity index (χ1v) is 12.3. The molecule has 28 heavy (non-hydrogen) atoms. The molecule has 162 valence electrons. The zero-order chi connectivity index (χ0) is 19.9.